The minimum Gasteiger partial charge on any atom is -0.380 e. The van der Waals surface area contributed by atoms with Crippen LogP contribution in [0.1, 0.15) is 51.9 Å². The molecule has 0 amide bonds. The average Bonchev–Trinajstić information content (AvgIpc) is 2.87. The molecule has 6 heteroatoms. The Balaban J connectivity index is 1.50. The van der Waals surface area contributed by atoms with Gasteiger partial charge in [-0.05, 0) is 30.6 Å². The highest BCUT2D eigenvalue weighted by Crippen LogP contribution is 2.35. The van der Waals surface area contributed by atoms with Crippen LogP contribution in [0, 0.1) is 17.8 Å². The van der Waals surface area contributed by atoms with Crippen molar-refractivity contribution in [2.45, 2.75) is 58.0 Å². The van der Waals surface area contributed by atoms with Gasteiger partial charge in [0, 0.05) is 13.1 Å². The van der Waals surface area contributed by atoms with Gasteiger partial charge in [-0.1, -0.05) is 39.0 Å². The maximum absolute atomic E-state index is 12.8. The largest absolute Gasteiger partial charge is 0.380 e. The van der Waals surface area contributed by atoms with Gasteiger partial charge in [0.25, 0.3) is 0 Å². The van der Waals surface area contributed by atoms with Crippen molar-refractivity contribution in [2.75, 3.05) is 38.7 Å². The van der Waals surface area contributed by atoms with Crippen LogP contribution in [0.5, 0.6) is 0 Å². The lowest BCUT2D eigenvalue weighted by Crippen LogP contribution is -2.41. The predicted molar refractivity (Wildman–Crippen MR) is 94.4 cm³/mol. The number of rotatable bonds is 7. The van der Waals surface area contributed by atoms with Gasteiger partial charge in [0.15, 0.2) is 0 Å². The highest BCUT2D eigenvalue weighted by molar-refractivity contribution is 7.89. The zero-order chi connectivity index (χ0) is 17.0. The molecule has 24 heavy (non-hydrogen) atoms. The van der Waals surface area contributed by atoms with Crippen molar-refractivity contribution in [3.8, 4) is 0 Å². The molecule has 0 aromatic heterocycles. The Morgan fingerprint density at radius 2 is 1.88 bits per heavy atom. The minimum atomic E-state index is -3.23. The van der Waals surface area contributed by atoms with E-state index in [1.807, 2.05) is 6.92 Å². The van der Waals surface area contributed by atoms with E-state index in [1.165, 1.54) is 32.1 Å². The fourth-order valence-corrected chi connectivity index (χ4v) is 5.92. The lowest BCUT2D eigenvalue weighted by atomic mass is 9.76. The van der Waals surface area contributed by atoms with Crippen molar-refractivity contribution in [1.29, 1.82) is 0 Å². The standard InChI is InChI=1S/C18H33NO4S/c1-15(12-23-18-7-2-3-8-18)14-24(20,21)19-9-10-22-13-17(11-19)16-5-4-6-16/h15-18H,2-14H2,1H3. The summed E-state index contributed by atoms with van der Waals surface area (Å²) in [6.07, 6.45) is 8.84. The number of sulfonamides is 1. The molecule has 2 unspecified atom stereocenters. The van der Waals surface area contributed by atoms with Crippen molar-refractivity contribution in [3.63, 3.8) is 0 Å². The zero-order valence-electron chi connectivity index (χ0n) is 15.0. The normalized spacial score (nSPS) is 29.3. The summed E-state index contributed by atoms with van der Waals surface area (Å²) in [4.78, 5) is 0. The summed E-state index contributed by atoms with van der Waals surface area (Å²) in [5, 5.41) is 0. The van der Waals surface area contributed by atoms with Crippen LogP contribution < -0.4 is 0 Å². The molecule has 1 aliphatic heterocycles. The van der Waals surface area contributed by atoms with E-state index in [2.05, 4.69) is 0 Å². The molecule has 3 fully saturated rings. The Morgan fingerprint density at radius 1 is 1.12 bits per heavy atom. The summed E-state index contributed by atoms with van der Waals surface area (Å²) in [7, 11) is -3.23. The van der Waals surface area contributed by atoms with Gasteiger partial charge in [-0.3, -0.25) is 0 Å². The van der Waals surface area contributed by atoms with E-state index in [-0.39, 0.29) is 11.7 Å². The van der Waals surface area contributed by atoms with Crippen molar-refractivity contribution < 1.29 is 17.9 Å². The molecule has 1 saturated heterocycles. The summed E-state index contributed by atoms with van der Waals surface area (Å²) in [6, 6.07) is 0. The minimum absolute atomic E-state index is 0.0434. The predicted octanol–water partition coefficient (Wildman–Crippen LogP) is 2.66. The van der Waals surface area contributed by atoms with Crippen molar-refractivity contribution in [1.82, 2.24) is 4.31 Å². The van der Waals surface area contributed by atoms with Gasteiger partial charge < -0.3 is 9.47 Å². The average molecular weight is 360 g/mol. The van der Waals surface area contributed by atoms with Gasteiger partial charge in [-0.25, -0.2) is 8.42 Å². The Bertz CT molecular complexity index is 485. The molecule has 0 aromatic carbocycles. The quantitative estimate of drug-likeness (QED) is 0.701. The Kier molecular flexibility index (Phi) is 6.57. The molecule has 5 nitrogen and oxygen atoms in total. The molecule has 0 spiro atoms. The number of nitrogens with zero attached hydrogens (tertiary/aromatic N) is 1. The first kappa shape index (κ1) is 18.6. The van der Waals surface area contributed by atoms with Crippen LogP contribution in [0.4, 0.5) is 0 Å². The van der Waals surface area contributed by atoms with Crippen LogP contribution in [0.15, 0.2) is 0 Å². The van der Waals surface area contributed by atoms with Gasteiger partial charge in [0.05, 0.1) is 31.7 Å². The van der Waals surface area contributed by atoms with Crippen LogP contribution in [-0.2, 0) is 19.5 Å². The summed E-state index contributed by atoms with van der Waals surface area (Å²) in [5.74, 6) is 1.27. The molecule has 2 aliphatic carbocycles. The first-order valence-corrected chi connectivity index (χ1v) is 11.3. The van der Waals surface area contributed by atoms with E-state index in [4.69, 9.17) is 9.47 Å². The smallest absolute Gasteiger partial charge is 0.214 e. The van der Waals surface area contributed by atoms with Gasteiger partial charge in [-0.15, -0.1) is 0 Å². The fourth-order valence-electron chi connectivity index (χ4n) is 4.12. The third-order valence-electron chi connectivity index (χ3n) is 5.88. The monoisotopic (exact) mass is 359 g/mol. The molecule has 2 saturated carbocycles. The molecule has 2 atom stereocenters. The molecule has 0 aromatic rings. The number of ether oxygens (including phenoxy) is 2. The molecule has 3 aliphatic rings. The highest BCUT2D eigenvalue weighted by Gasteiger charge is 2.34. The molecule has 0 bridgehead atoms. The lowest BCUT2D eigenvalue weighted by molar-refractivity contribution is 0.0410. The van der Waals surface area contributed by atoms with E-state index in [9.17, 15) is 8.42 Å². The maximum Gasteiger partial charge on any atom is 0.214 e. The SMILES string of the molecule is CC(COC1CCCC1)CS(=O)(=O)N1CCOCC(C2CCC2)C1. The van der Waals surface area contributed by atoms with E-state index in [1.54, 1.807) is 4.31 Å². The second kappa shape index (κ2) is 8.47. The topological polar surface area (TPSA) is 55.8 Å². The number of hydrogen-bond acceptors (Lipinski definition) is 4. The van der Waals surface area contributed by atoms with Gasteiger partial charge >= 0.3 is 0 Å². The van der Waals surface area contributed by atoms with Crippen LogP contribution in [0.3, 0.4) is 0 Å². The second-order valence-electron chi connectivity index (χ2n) is 8.01. The summed E-state index contributed by atoms with van der Waals surface area (Å²) >= 11 is 0. The lowest BCUT2D eigenvalue weighted by Gasteiger charge is -2.34. The van der Waals surface area contributed by atoms with Gasteiger partial charge in [-0.2, -0.15) is 4.31 Å². The fraction of sp³-hybridized carbons (Fsp3) is 1.00. The van der Waals surface area contributed by atoms with E-state index in [0.717, 1.165) is 19.4 Å². The Hall–Kier alpha value is -0.170. The Labute approximate surface area is 147 Å². The molecule has 3 rings (SSSR count). The molecule has 1 heterocycles. The molecular formula is C18H33NO4S. The third-order valence-corrected chi connectivity index (χ3v) is 7.99. The summed E-state index contributed by atoms with van der Waals surface area (Å²) in [6.45, 7) is 4.93. The van der Waals surface area contributed by atoms with Crippen LogP contribution in [0.2, 0.25) is 0 Å². The van der Waals surface area contributed by atoms with E-state index >= 15 is 0 Å². The maximum atomic E-state index is 12.8. The van der Waals surface area contributed by atoms with Crippen molar-refractivity contribution >= 4 is 10.0 Å². The van der Waals surface area contributed by atoms with Crippen LogP contribution in [-0.4, -0.2) is 57.5 Å². The van der Waals surface area contributed by atoms with Crippen LogP contribution >= 0.6 is 0 Å². The highest BCUT2D eigenvalue weighted by atomic mass is 32.2. The molecule has 0 N–H and O–H groups in total. The molecule has 0 radical (unpaired) electrons. The van der Waals surface area contributed by atoms with Gasteiger partial charge in [0.2, 0.25) is 10.0 Å². The zero-order valence-corrected chi connectivity index (χ0v) is 15.8. The molecular weight excluding hydrogens is 326 g/mol. The molecule has 140 valence electrons. The Morgan fingerprint density at radius 3 is 2.54 bits per heavy atom. The van der Waals surface area contributed by atoms with Crippen LogP contribution in [0.25, 0.3) is 0 Å². The first-order valence-electron chi connectivity index (χ1n) is 9.72. The summed E-state index contributed by atoms with van der Waals surface area (Å²) in [5.41, 5.74) is 0. The summed E-state index contributed by atoms with van der Waals surface area (Å²) < 4.78 is 38.9. The number of hydrogen-bond donors (Lipinski definition) is 0. The second-order valence-corrected chi connectivity index (χ2v) is 10.0. The van der Waals surface area contributed by atoms with E-state index in [0.29, 0.717) is 44.2 Å². The van der Waals surface area contributed by atoms with Crippen molar-refractivity contribution in [3.05, 3.63) is 0 Å². The van der Waals surface area contributed by atoms with Crippen molar-refractivity contribution in [2.24, 2.45) is 17.8 Å². The van der Waals surface area contributed by atoms with E-state index < -0.39 is 10.0 Å². The first-order chi connectivity index (χ1) is 11.5. The van der Waals surface area contributed by atoms with Gasteiger partial charge in [0.1, 0.15) is 0 Å². The third kappa shape index (κ3) is 4.93.